The topological polar surface area (TPSA) is 44.5 Å². The third kappa shape index (κ3) is 4.51. The molecule has 0 aromatic heterocycles. The van der Waals surface area contributed by atoms with E-state index in [4.69, 9.17) is 15.2 Å². The lowest BCUT2D eigenvalue weighted by atomic mass is 10.2. The number of nitrogens with two attached hydrogens (primary N) is 1. The normalized spacial score (nSPS) is 10.4. The van der Waals surface area contributed by atoms with Crippen molar-refractivity contribution in [1.29, 1.82) is 0 Å². The Morgan fingerprint density at radius 1 is 1.31 bits per heavy atom. The summed E-state index contributed by atoms with van der Waals surface area (Å²) in [7, 11) is 0. The first-order chi connectivity index (χ1) is 7.77. The maximum Gasteiger partial charge on any atom is 0.133 e. The second-order valence-electron chi connectivity index (χ2n) is 3.37. The van der Waals surface area contributed by atoms with Crippen LogP contribution in [0.5, 0.6) is 5.75 Å². The fourth-order valence-electron chi connectivity index (χ4n) is 1.28. The van der Waals surface area contributed by atoms with Gasteiger partial charge >= 0.3 is 0 Å². The van der Waals surface area contributed by atoms with Crippen molar-refractivity contribution in [1.82, 2.24) is 0 Å². The molecule has 0 saturated carbocycles. The molecular weight excluding hydrogens is 270 g/mol. The maximum absolute atomic E-state index is 5.62. The quantitative estimate of drug-likeness (QED) is 0.785. The van der Waals surface area contributed by atoms with Crippen molar-refractivity contribution >= 4 is 15.9 Å². The smallest absolute Gasteiger partial charge is 0.133 e. The lowest BCUT2D eigenvalue weighted by molar-refractivity contribution is 0.130. The van der Waals surface area contributed by atoms with E-state index in [0.717, 1.165) is 35.4 Å². The number of benzene rings is 1. The van der Waals surface area contributed by atoms with E-state index in [1.165, 1.54) is 0 Å². The van der Waals surface area contributed by atoms with Crippen molar-refractivity contribution in [2.75, 3.05) is 19.8 Å². The highest BCUT2D eigenvalue weighted by Gasteiger charge is 2.01. The molecule has 0 aliphatic heterocycles. The standard InChI is InChI=1S/C12H18BrNO2/c1-2-15-6-3-7-16-12-5-4-10(9-14)8-11(12)13/h4-5,8H,2-3,6-7,9,14H2,1H3. The summed E-state index contributed by atoms with van der Waals surface area (Å²) in [5, 5.41) is 0. The fraction of sp³-hybridized carbons (Fsp3) is 0.500. The highest BCUT2D eigenvalue weighted by Crippen LogP contribution is 2.25. The van der Waals surface area contributed by atoms with Gasteiger partial charge in [0.05, 0.1) is 11.1 Å². The summed E-state index contributed by atoms with van der Waals surface area (Å²) >= 11 is 3.46. The minimum atomic E-state index is 0.545. The van der Waals surface area contributed by atoms with Gasteiger partial charge in [-0.3, -0.25) is 0 Å². The van der Waals surface area contributed by atoms with E-state index in [0.29, 0.717) is 13.2 Å². The van der Waals surface area contributed by atoms with Gasteiger partial charge in [0, 0.05) is 26.2 Å². The van der Waals surface area contributed by atoms with Crippen LogP contribution in [0.15, 0.2) is 22.7 Å². The zero-order valence-electron chi connectivity index (χ0n) is 9.54. The van der Waals surface area contributed by atoms with E-state index in [1.807, 2.05) is 25.1 Å². The number of rotatable bonds is 7. The van der Waals surface area contributed by atoms with Crippen molar-refractivity contribution in [2.45, 2.75) is 19.9 Å². The lowest BCUT2D eigenvalue weighted by Crippen LogP contribution is -2.03. The van der Waals surface area contributed by atoms with Gasteiger partial charge in [0.1, 0.15) is 5.75 Å². The molecule has 16 heavy (non-hydrogen) atoms. The summed E-state index contributed by atoms with van der Waals surface area (Å²) in [6, 6.07) is 5.90. The molecule has 4 heteroatoms. The maximum atomic E-state index is 5.62. The van der Waals surface area contributed by atoms with Gasteiger partial charge in [0.15, 0.2) is 0 Å². The van der Waals surface area contributed by atoms with Gasteiger partial charge in [-0.2, -0.15) is 0 Å². The van der Waals surface area contributed by atoms with Gasteiger partial charge in [0.25, 0.3) is 0 Å². The molecule has 0 amide bonds. The zero-order valence-corrected chi connectivity index (χ0v) is 11.1. The predicted molar refractivity (Wildman–Crippen MR) is 68.6 cm³/mol. The average molecular weight is 288 g/mol. The molecule has 0 aliphatic carbocycles. The predicted octanol–water partition coefficient (Wildman–Crippen LogP) is 2.71. The molecule has 0 heterocycles. The third-order valence-corrected chi connectivity index (χ3v) is 2.75. The van der Waals surface area contributed by atoms with Crippen LogP contribution in [0.25, 0.3) is 0 Å². The summed E-state index contributed by atoms with van der Waals surface area (Å²) in [6.45, 7) is 4.71. The molecule has 0 atom stereocenters. The van der Waals surface area contributed by atoms with Gasteiger partial charge in [-0.25, -0.2) is 0 Å². The zero-order chi connectivity index (χ0) is 11.8. The molecule has 1 aromatic carbocycles. The van der Waals surface area contributed by atoms with Crippen molar-refractivity contribution < 1.29 is 9.47 Å². The second kappa shape index (κ2) is 7.65. The number of ether oxygens (including phenoxy) is 2. The molecule has 2 N–H and O–H groups in total. The van der Waals surface area contributed by atoms with E-state index in [9.17, 15) is 0 Å². The van der Waals surface area contributed by atoms with Crippen molar-refractivity contribution in [3.05, 3.63) is 28.2 Å². The van der Waals surface area contributed by atoms with E-state index in [1.54, 1.807) is 0 Å². The fourth-order valence-corrected chi connectivity index (χ4v) is 1.82. The molecule has 90 valence electrons. The first kappa shape index (κ1) is 13.5. The highest BCUT2D eigenvalue weighted by molar-refractivity contribution is 9.10. The molecule has 0 bridgehead atoms. The molecule has 1 rings (SSSR count). The Labute approximate surface area is 105 Å². The first-order valence-corrected chi connectivity index (χ1v) is 6.26. The van der Waals surface area contributed by atoms with Gasteiger partial charge < -0.3 is 15.2 Å². The molecule has 3 nitrogen and oxygen atoms in total. The summed E-state index contributed by atoms with van der Waals surface area (Å²) in [5.41, 5.74) is 6.64. The molecule has 0 spiro atoms. The summed E-state index contributed by atoms with van der Waals surface area (Å²) in [5.74, 6) is 0.855. The van der Waals surface area contributed by atoms with Gasteiger partial charge in [0.2, 0.25) is 0 Å². The SMILES string of the molecule is CCOCCCOc1ccc(CN)cc1Br. The molecule has 1 aromatic rings. The minimum absolute atomic E-state index is 0.545. The molecule has 0 fully saturated rings. The highest BCUT2D eigenvalue weighted by atomic mass is 79.9. The van der Waals surface area contributed by atoms with E-state index >= 15 is 0 Å². The summed E-state index contributed by atoms with van der Waals surface area (Å²) < 4.78 is 11.8. The van der Waals surface area contributed by atoms with E-state index in [-0.39, 0.29) is 0 Å². The Morgan fingerprint density at radius 3 is 2.75 bits per heavy atom. The Bertz CT molecular complexity index is 318. The summed E-state index contributed by atoms with van der Waals surface area (Å²) in [6.07, 6.45) is 0.902. The Balaban J connectivity index is 2.36. The van der Waals surface area contributed by atoms with E-state index < -0.39 is 0 Å². The number of halogens is 1. The van der Waals surface area contributed by atoms with Gasteiger partial charge in [-0.1, -0.05) is 6.07 Å². The monoisotopic (exact) mass is 287 g/mol. The van der Waals surface area contributed by atoms with Crippen LogP contribution in [0.2, 0.25) is 0 Å². The van der Waals surface area contributed by atoms with Gasteiger partial charge in [-0.05, 0) is 40.5 Å². The van der Waals surface area contributed by atoms with Crippen LogP contribution in [-0.2, 0) is 11.3 Å². The Morgan fingerprint density at radius 2 is 2.12 bits per heavy atom. The van der Waals surface area contributed by atoms with Crippen molar-refractivity contribution in [3.8, 4) is 5.75 Å². The molecule has 0 saturated heterocycles. The molecule has 0 unspecified atom stereocenters. The van der Waals surface area contributed by atoms with E-state index in [2.05, 4.69) is 15.9 Å². The van der Waals surface area contributed by atoms with Crippen LogP contribution < -0.4 is 10.5 Å². The lowest BCUT2D eigenvalue weighted by Gasteiger charge is -2.09. The third-order valence-electron chi connectivity index (χ3n) is 2.13. The van der Waals surface area contributed by atoms with Crippen LogP contribution in [-0.4, -0.2) is 19.8 Å². The molecular formula is C12H18BrNO2. The summed E-state index contributed by atoms with van der Waals surface area (Å²) in [4.78, 5) is 0. The minimum Gasteiger partial charge on any atom is -0.492 e. The van der Waals surface area contributed by atoms with Crippen molar-refractivity contribution in [3.63, 3.8) is 0 Å². The Hall–Kier alpha value is -0.580. The van der Waals surface area contributed by atoms with Crippen LogP contribution in [0.1, 0.15) is 18.9 Å². The number of hydrogen-bond acceptors (Lipinski definition) is 3. The van der Waals surface area contributed by atoms with Crippen molar-refractivity contribution in [2.24, 2.45) is 5.73 Å². The van der Waals surface area contributed by atoms with Gasteiger partial charge in [-0.15, -0.1) is 0 Å². The number of hydrogen-bond donors (Lipinski definition) is 1. The van der Waals surface area contributed by atoms with Crippen LogP contribution in [0.3, 0.4) is 0 Å². The average Bonchev–Trinajstić information content (AvgIpc) is 2.30. The largest absolute Gasteiger partial charge is 0.492 e. The molecule has 0 aliphatic rings. The second-order valence-corrected chi connectivity index (χ2v) is 4.22. The Kier molecular flexibility index (Phi) is 6.45. The molecule has 0 radical (unpaired) electrons. The first-order valence-electron chi connectivity index (χ1n) is 5.47. The van der Waals surface area contributed by atoms with Crippen LogP contribution in [0, 0.1) is 0 Å². The van der Waals surface area contributed by atoms with Crippen LogP contribution >= 0.6 is 15.9 Å². The van der Waals surface area contributed by atoms with Crippen LogP contribution in [0.4, 0.5) is 0 Å².